The van der Waals surface area contributed by atoms with Gasteiger partial charge in [0.05, 0.1) is 0 Å². The molecule has 0 unspecified atom stereocenters. The van der Waals surface area contributed by atoms with Gasteiger partial charge in [-0.1, -0.05) is 35.5 Å². The number of urea groups is 1. The Morgan fingerprint density at radius 1 is 1.25 bits per heavy atom. The Bertz CT molecular complexity index is 653. The van der Waals surface area contributed by atoms with Crippen molar-refractivity contribution in [3.63, 3.8) is 0 Å². The molecule has 2 heterocycles. The van der Waals surface area contributed by atoms with E-state index in [0.717, 1.165) is 10.5 Å². The molecule has 1 aliphatic heterocycles. The van der Waals surface area contributed by atoms with Gasteiger partial charge in [-0.25, -0.2) is 4.79 Å². The molecule has 0 radical (unpaired) electrons. The van der Waals surface area contributed by atoms with Crippen LogP contribution in [0.4, 0.5) is 4.79 Å². The first-order valence-electron chi connectivity index (χ1n) is 6.08. The largest absolute Gasteiger partial charge is 0.337 e. The maximum absolute atomic E-state index is 11.7. The number of benzene rings is 1. The maximum Gasteiger partial charge on any atom is 0.327 e. The third-order valence-electron chi connectivity index (χ3n) is 3.02. The van der Waals surface area contributed by atoms with Crippen molar-refractivity contribution >= 4 is 11.9 Å². The number of hydrogen-bond donors (Lipinski definition) is 0. The van der Waals surface area contributed by atoms with E-state index in [1.54, 1.807) is 7.05 Å². The molecular formula is C13H12N4O3. The van der Waals surface area contributed by atoms with E-state index in [9.17, 15) is 9.59 Å². The minimum atomic E-state index is -0.352. The van der Waals surface area contributed by atoms with Crippen molar-refractivity contribution in [2.45, 2.75) is 6.54 Å². The molecule has 0 N–H and O–H groups in total. The number of hydrogen-bond acceptors (Lipinski definition) is 5. The van der Waals surface area contributed by atoms with E-state index in [0.29, 0.717) is 5.82 Å². The number of carbonyl (C=O) groups excluding carboxylic acids is 2. The molecule has 7 heteroatoms. The van der Waals surface area contributed by atoms with Crippen molar-refractivity contribution in [3.8, 4) is 11.4 Å². The Morgan fingerprint density at radius 2 is 2.00 bits per heavy atom. The third kappa shape index (κ3) is 2.13. The van der Waals surface area contributed by atoms with Crippen LogP contribution in [0.3, 0.4) is 0 Å². The standard InChI is InChI=1S/C13H12N4O3/c1-16-8-11(18)17(13(16)19)7-10-14-12(15-20-10)9-5-3-2-4-6-9/h2-6H,7-8H2,1H3. The van der Waals surface area contributed by atoms with E-state index in [2.05, 4.69) is 10.1 Å². The quantitative estimate of drug-likeness (QED) is 0.782. The molecule has 0 bridgehead atoms. The average Bonchev–Trinajstić information content (AvgIpc) is 3.01. The second-order valence-corrected chi connectivity index (χ2v) is 4.50. The molecule has 3 amide bonds. The van der Waals surface area contributed by atoms with Crippen molar-refractivity contribution in [1.29, 1.82) is 0 Å². The SMILES string of the molecule is CN1CC(=O)N(Cc2nc(-c3ccccc3)no2)C1=O. The van der Waals surface area contributed by atoms with Gasteiger partial charge in [-0.3, -0.25) is 9.69 Å². The van der Waals surface area contributed by atoms with Gasteiger partial charge in [0.15, 0.2) is 0 Å². The topological polar surface area (TPSA) is 79.5 Å². The molecular weight excluding hydrogens is 260 g/mol. The molecule has 7 nitrogen and oxygen atoms in total. The third-order valence-corrected chi connectivity index (χ3v) is 3.02. The molecule has 102 valence electrons. The van der Waals surface area contributed by atoms with E-state index in [-0.39, 0.29) is 30.9 Å². The van der Waals surface area contributed by atoms with E-state index in [1.165, 1.54) is 4.90 Å². The maximum atomic E-state index is 11.7. The minimum Gasteiger partial charge on any atom is -0.337 e. The van der Waals surface area contributed by atoms with Crippen molar-refractivity contribution in [1.82, 2.24) is 19.9 Å². The number of nitrogens with zero attached hydrogens (tertiary/aromatic N) is 4. The van der Waals surface area contributed by atoms with Crippen LogP contribution in [0.1, 0.15) is 5.89 Å². The van der Waals surface area contributed by atoms with Crippen LogP contribution < -0.4 is 0 Å². The van der Waals surface area contributed by atoms with Gasteiger partial charge in [0.25, 0.3) is 5.91 Å². The number of likely N-dealkylation sites (N-methyl/N-ethyl adjacent to an activating group) is 1. The lowest BCUT2D eigenvalue weighted by molar-refractivity contribution is -0.125. The molecule has 0 aliphatic carbocycles. The summed E-state index contributed by atoms with van der Waals surface area (Å²) in [5.41, 5.74) is 0.818. The zero-order valence-corrected chi connectivity index (χ0v) is 10.8. The van der Waals surface area contributed by atoms with Gasteiger partial charge in [0.2, 0.25) is 11.7 Å². The molecule has 0 saturated carbocycles. The van der Waals surface area contributed by atoms with Crippen LogP contribution in [0.2, 0.25) is 0 Å². The average molecular weight is 272 g/mol. The van der Waals surface area contributed by atoms with Gasteiger partial charge in [-0.2, -0.15) is 4.98 Å². The number of aromatic nitrogens is 2. The van der Waals surface area contributed by atoms with Gasteiger partial charge < -0.3 is 9.42 Å². The van der Waals surface area contributed by atoms with E-state index < -0.39 is 0 Å². The molecule has 1 fully saturated rings. The van der Waals surface area contributed by atoms with E-state index in [4.69, 9.17) is 4.52 Å². The highest BCUT2D eigenvalue weighted by molar-refractivity contribution is 6.01. The van der Waals surface area contributed by atoms with Gasteiger partial charge >= 0.3 is 6.03 Å². The van der Waals surface area contributed by atoms with E-state index in [1.807, 2.05) is 30.3 Å². The number of carbonyl (C=O) groups is 2. The van der Waals surface area contributed by atoms with E-state index >= 15 is 0 Å². The Morgan fingerprint density at radius 3 is 2.65 bits per heavy atom. The Hall–Kier alpha value is -2.70. The number of rotatable bonds is 3. The molecule has 1 saturated heterocycles. The Kier molecular flexibility index (Phi) is 2.94. The minimum absolute atomic E-state index is 0.00183. The summed E-state index contributed by atoms with van der Waals surface area (Å²) in [6, 6.07) is 8.99. The molecule has 3 rings (SSSR count). The number of amides is 3. The first-order valence-corrected chi connectivity index (χ1v) is 6.08. The molecule has 20 heavy (non-hydrogen) atoms. The smallest absolute Gasteiger partial charge is 0.327 e. The van der Waals surface area contributed by atoms with Gasteiger partial charge in [0.1, 0.15) is 13.1 Å². The summed E-state index contributed by atoms with van der Waals surface area (Å²) < 4.78 is 5.09. The fraction of sp³-hybridized carbons (Fsp3) is 0.231. The van der Waals surface area contributed by atoms with Crippen LogP contribution in [0.25, 0.3) is 11.4 Å². The van der Waals surface area contributed by atoms with Crippen LogP contribution in [0, 0.1) is 0 Å². The Labute approximate surface area is 114 Å². The highest BCUT2D eigenvalue weighted by Crippen LogP contribution is 2.17. The summed E-state index contributed by atoms with van der Waals surface area (Å²) in [6.45, 7) is 0.0837. The predicted octanol–water partition coefficient (Wildman–Crippen LogP) is 1.13. The van der Waals surface area contributed by atoms with Crippen LogP contribution in [-0.2, 0) is 11.3 Å². The highest BCUT2D eigenvalue weighted by atomic mass is 16.5. The van der Waals surface area contributed by atoms with Crippen LogP contribution in [0.5, 0.6) is 0 Å². The zero-order chi connectivity index (χ0) is 14.1. The highest BCUT2D eigenvalue weighted by Gasteiger charge is 2.34. The van der Waals surface area contributed by atoms with Crippen molar-refractivity contribution < 1.29 is 14.1 Å². The molecule has 1 aliphatic rings. The van der Waals surface area contributed by atoms with Crippen molar-refractivity contribution in [3.05, 3.63) is 36.2 Å². The van der Waals surface area contributed by atoms with Crippen LogP contribution in [-0.4, -0.2) is 45.5 Å². The lowest BCUT2D eigenvalue weighted by atomic mass is 10.2. The number of imide groups is 1. The Balaban J connectivity index is 1.78. The van der Waals surface area contributed by atoms with Crippen molar-refractivity contribution in [2.24, 2.45) is 0 Å². The fourth-order valence-corrected chi connectivity index (χ4v) is 1.98. The molecule has 2 aromatic rings. The molecule has 1 aromatic carbocycles. The monoisotopic (exact) mass is 272 g/mol. The molecule has 1 aromatic heterocycles. The summed E-state index contributed by atoms with van der Waals surface area (Å²) in [5, 5.41) is 3.85. The second-order valence-electron chi connectivity index (χ2n) is 4.50. The zero-order valence-electron chi connectivity index (χ0n) is 10.8. The lowest BCUT2D eigenvalue weighted by Crippen LogP contribution is -2.31. The first kappa shape index (κ1) is 12.3. The second kappa shape index (κ2) is 4.76. The van der Waals surface area contributed by atoms with Gasteiger partial charge in [0, 0.05) is 12.6 Å². The van der Waals surface area contributed by atoms with Crippen LogP contribution in [0.15, 0.2) is 34.9 Å². The predicted molar refractivity (Wildman–Crippen MR) is 68.3 cm³/mol. The lowest BCUT2D eigenvalue weighted by Gasteiger charge is -2.10. The molecule has 0 spiro atoms. The summed E-state index contributed by atoms with van der Waals surface area (Å²) in [6.07, 6.45) is 0. The van der Waals surface area contributed by atoms with Gasteiger partial charge in [-0.15, -0.1) is 0 Å². The van der Waals surface area contributed by atoms with Crippen LogP contribution >= 0.6 is 0 Å². The summed E-state index contributed by atoms with van der Waals surface area (Å²) >= 11 is 0. The van der Waals surface area contributed by atoms with Crippen molar-refractivity contribution in [2.75, 3.05) is 13.6 Å². The summed E-state index contributed by atoms with van der Waals surface area (Å²) in [4.78, 5) is 30.0. The normalized spacial score (nSPS) is 15.2. The first-order chi connectivity index (χ1) is 9.65. The summed E-state index contributed by atoms with van der Waals surface area (Å²) in [5.74, 6) is 0.408. The fourth-order valence-electron chi connectivity index (χ4n) is 1.98. The van der Waals surface area contributed by atoms with Gasteiger partial charge in [-0.05, 0) is 0 Å². The summed E-state index contributed by atoms with van der Waals surface area (Å²) in [7, 11) is 1.57. The molecule has 0 atom stereocenters.